The van der Waals surface area contributed by atoms with Gasteiger partial charge in [-0.1, -0.05) is 0 Å². The van der Waals surface area contributed by atoms with Gasteiger partial charge in [-0.05, 0) is 43.9 Å². The number of carbonyl (C=O) groups is 1. The van der Waals surface area contributed by atoms with E-state index in [9.17, 15) is 18.0 Å². The molecule has 0 bridgehead atoms. The summed E-state index contributed by atoms with van der Waals surface area (Å²) in [6.45, 7) is 5.87. The van der Waals surface area contributed by atoms with Crippen LogP contribution in [0.2, 0.25) is 0 Å². The van der Waals surface area contributed by atoms with Crippen molar-refractivity contribution in [1.82, 2.24) is 29.9 Å². The van der Waals surface area contributed by atoms with Gasteiger partial charge in [0.1, 0.15) is 5.69 Å². The molecule has 0 saturated carbocycles. The van der Waals surface area contributed by atoms with E-state index in [0.717, 1.165) is 28.3 Å². The van der Waals surface area contributed by atoms with Crippen molar-refractivity contribution in [3.8, 4) is 11.4 Å². The second-order valence-corrected chi connectivity index (χ2v) is 8.50. The third kappa shape index (κ3) is 4.24. The highest BCUT2D eigenvalue weighted by Gasteiger charge is 2.42. The number of amides is 1. The summed E-state index contributed by atoms with van der Waals surface area (Å²) in [7, 11) is 3.77. The molecular weight excluding hydrogens is 451 g/mol. The standard InChI is InChI=1S/C22H26F3N7O2/c1-12-13(2)20(29-28-17(12)16-6-9-26-31(16)5)30(4)15-7-10-32(11-8-15)21(33)18-19(22(23,24)25)34-14(3)27-18/h6,9,15H,7-8,10-11H2,1-5H3. The lowest BCUT2D eigenvalue weighted by atomic mass is 10.0. The molecule has 0 unspecified atom stereocenters. The van der Waals surface area contributed by atoms with Crippen LogP contribution in [0.25, 0.3) is 11.4 Å². The number of alkyl halides is 3. The highest BCUT2D eigenvalue weighted by molar-refractivity contribution is 5.93. The highest BCUT2D eigenvalue weighted by Crippen LogP contribution is 2.34. The van der Waals surface area contributed by atoms with Crippen LogP contribution in [0.3, 0.4) is 0 Å². The van der Waals surface area contributed by atoms with Gasteiger partial charge in [-0.25, -0.2) is 4.98 Å². The van der Waals surface area contributed by atoms with Crippen molar-refractivity contribution in [3.63, 3.8) is 0 Å². The van der Waals surface area contributed by atoms with Crippen LogP contribution in [0.1, 0.15) is 46.1 Å². The fourth-order valence-electron chi connectivity index (χ4n) is 4.32. The van der Waals surface area contributed by atoms with Crippen LogP contribution in [0.5, 0.6) is 0 Å². The van der Waals surface area contributed by atoms with Crippen molar-refractivity contribution >= 4 is 11.7 Å². The number of halogens is 3. The molecule has 1 aliphatic rings. The Kier molecular flexibility index (Phi) is 6.09. The molecule has 1 aliphatic heterocycles. The zero-order valence-electron chi connectivity index (χ0n) is 19.6. The first-order chi connectivity index (χ1) is 16.0. The van der Waals surface area contributed by atoms with E-state index < -0.39 is 23.5 Å². The third-order valence-electron chi connectivity index (χ3n) is 6.39. The summed E-state index contributed by atoms with van der Waals surface area (Å²) < 4.78 is 46.1. The maximum Gasteiger partial charge on any atom is 0.452 e. The molecule has 0 radical (unpaired) electrons. The number of nitrogens with zero attached hydrogens (tertiary/aromatic N) is 7. The summed E-state index contributed by atoms with van der Waals surface area (Å²) in [5.41, 5.74) is 2.93. The number of hydrogen-bond donors (Lipinski definition) is 0. The van der Waals surface area contributed by atoms with Gasteiger partial charge in [0.05, 0.1) is 5.69 Å². The topological polar surface area (TPSA) is 93.2 Å². The van der Waals surface area contributed by atoms with E-state index in [0.29, 0.717) is 25.9 Å². The molecule has 1 amide bonds. The van der Waals surface area contributed by atoms with E-state index in [2.05, 4.69) is 24.7 Å². The predicted octanol–water partition coefficient (Wildman–Crippen LogP) is 3.55. The summed E-state index contributed by atoms with van der Waals surface area (Å²) in [6.07, 6.45) is -1.92. The van der Waals surface area contributed by atoms with Crippen molar-refractivity contribution in [2.45, 2.75) is 45.8 Å². The van der Waals surface area contributed by atoms with Gasteiger partial charge in [0.15, 0.2) is 17.4 Å². The zero-order valence-corrected chi connectivity index (χ0v) is 19.6. The first kappa shape index (κ1) is 23.7. The second kappa shape index (κ2) is 8.73. The summed E-state index contributed by atoms with van der Waals surface area (Å²) in [4.78, 5) is 19.9. The van der Waals surface area contributed by atoms with Crippen LogP contribution in [0, 0.1) is 20.8 Å². The average molecular weight is 477 g/mol. The Morgan fingerprint density at radius 2 is 1.82 bits per heavy atom. The quantitative estimate of drug-likeness (QED) is 0.567. The van der Waals surface area contributed by atoms with Gasteiger partial charge in [-0.15, -0.1) is 10.2 Å². The lowest BCUT2D eigenvalue weighted by Crippen LogP contribution is -2.46. The first-order valence-corrected chi connectivity index (χ1v) is 10.9. The minimum atomic E-state index is -4.78. The van der Waals surface area contributed by atoms with E-state index in [4.69, 9.17) is 0 Å². The maximum absolute atomic E-state index is 13.2. The molecule has 3 aromatic heterocycles. The minimum Gasteiger partial charge on any atom is -0.436 e. The summed E-state index contributed by atoms with van der Waals surface area (Å²) in [6, 6.07) is 1.94. The van der Waals surface area contributed by atoms with Gasteiger partial charge < -0.3 is 14.2 Å². The molecule has 4 rings (SSSR count). The molecule has 1 fully saturated rings. The largest absolute Gasteiger partial charge is 0.452 e. The van der Waals surface area contributed by atoms with Gasteiger partial charge >= 0.3 is 6.18 Å². The molecule has 0 N–H and O–H groups in total. The number of carbonyl (C=O) groups excluding carboxylic acids is 1. The average Bonchev–Trinajstić information content (AvgIpc) is 3.40. The van der Waals surface area contributed by atoms with Crippen LogP contribution < -0.4 is 4.90 Å². The monoisotopic (exact) mass is 477 g/mol. The van der Waals surface area contributed by atoms with Crippen molar-refractivity contribution in [2.24, 2.45) is 7.05 Å². The number of piperidine rings is 1. The van der Waals surface area contributed by atoms with Gasteiger partial charge in [0.2, 0.25) is 5.76 Å². The molecule has 0 aliphatic carbocycles. The van der Waals surface area contributed by atoms with E-state index in [-0.39, 0.29) is 11.9 Å². The fourth-order valence-corrected chi connectivity index (χ4v) is 4.32. The normalized spacial score (nSPS) is 15.1. The minimum absolute atomic E-state index is 0.0557. The number of hydrogen-bond acceptors (Lipinski definition) is 7. The van der Waals surface area contributed by atoms with Crippen LogP contribution in [0.4, 0.5) is 19.0 Å². The van der Waals surface area contributed by atoms with Gasteiger partial charge in [-0.3, -0.25) is 9.48 Å². The van der Waals surface area contributed by atoms with Gasteiger partial charge in [0, 0.05) is 46.3 Å². The smallest absolute Gasteiger partial charge is 0.436 e. The Balaban J connectivity index is 1.47. The van der Waals surface area contributed by atoms with Gasteiger partial charge in [0.25, 0.3) is 5.91 Å². The van der Waals surface area contributed by atoms with E-state index >= 15 is 0 Å². The van der Waals surface area contributed by atoms with Crippen LogP contribution in [-0.4, -0.2) is 61.9 Å². The molecule has 1 saturated heterocycles. The number of rotatable bonds is 4. The number of aromatic nitrogens is 5. The van der Waals surface area contributed by atoms with Crippen LogP contribution in [-0.2, 0) is 13.2 Å². The van der Waals surface area contributed by atoms with Crippen molar-refractivity contribution < 1.29 is 22.4 Å². The fraction of sp³-hybridized carbons (Fsp3) is 0.500. The Bertz CT molecular complexity index is 1210. The number of anilines is 1. The van der Waals surface area contributed by atoms with Gasteiger partial charge in [-0.2, -0.15) is 18.3 Å². The van der Waals surface area contributed by atoms with E-state index in [1.165, 1.54) is 11.8 Å². The van der Waals surface area contributed by atoms with Crippen molar-refractivity contribution in [1.29, 1.82) is 0 Å². The summed E-state index contributed by atoms with van der Waals surface area (Å²) >= 11 is 0. The number of oxazole rings is 1. The SMILES string of the molecule is Cc1nc(C(=O)N2CCC(N(C)c3nnc(-c4ccnn4C)c(C)c3C)CC2)c(C(F)(F)F)o1. The molecule has 0 aromatic carbocycles. The Hall–Kier alpha value is -3.44. The molecule has 9 nitrogen and oxygen atoms in total. The van der Waals surface area contributed by atoms with E-state index in [1.54, 1.807) is 10.9 Å². The zero-order chi connectivity index (χ0) is 24.8. The molecule has 182 valence electrons. The second-order valence-electron chi connectivity index (χ2n) is 8.50. The van der Waals surface area contributed by atoms with Crippen molar-refractivity contribution in [3.05, 3.63) is 40.7 Å². The van der Waals surface area contributed by atoms with Crippen molar-refractivity contribution in [2.75, 3.05) is 25.0 Å². The van der Waals surface area contributed by atoms with Crippen LogP contribution in [0.15, 0.2) is 16.7 Å². The Morgan fingerprint density at radius 1 is 1.15 bits per heavy atom. The molecule has 34 heavy (non-hydrogen) atoms. The van der Waals surface area contributed by atoms with E-state index in [1.807, 2.05) is 38.9 Å². The molecule has 0 spiro atoms. The molecular formula is C22H26F3N7O2. The van der Waals surface area contributed by atoms with Crippen LogP contribution >= 0.6 is 0 Å². The lowest BCUT2D eigenvalue weighted by molar-refractivity contribution is -0.153. The highest BCUT2D eigenvalue weighted by atomic mass is 19.4. The summed E-state index contributed by atoms with van der Waals surface area (Å²) in [5.74, 6) is -1.56. The third-order valence-corrected chi connectivity index (χ3v) is 6.39. The first-order valence-electron chi connectivity index (χ1n) is 10.9. The molecule has 0 atom stereocenters. The number of likely N-dealkylation sites (tertiary alicyclic amines) is 1. The molecule has 3 aromatic rings. The maximum atomic E-state index is 13.2. The molecule has 4 heterocycles. The number of aryl methyl sites for hydroxylation is 2. The predicted molar refractivity (Wildman–Crippen MR) is 117 cm³/mol. The molecule has 12 heteroatoms. The summed E-state index contributed by atoms with van der Waals surface area (Å²) in [5, 5.41) is 13.1. The lowest BCUT2D eigenvalue weighted by Gasteiger charge is -2.37. The Morgan fingerprint density at radius 3 is 2.41 bits per heavy atom. The Labute approximate surface area is 194 Å².